The molecule has 154 valence electrons. The van der Waals surface area contributed by atoms with Crippen LogP contribution >= 0.6 is 0 Å². The molecule has 0 saturated heterocycles. The van der Waals surface area contributed by atoms with E-state index in [1.54, 1.807) is 22.6 Å². The smallest absolute Gasteiger partial charge is 0.192 e. The van der Waals surface area contributed by atoms with Gasteiger partial charge in [0.1, 0.15) is 23.7 Å². The summed E-state index contributed by atoms with van der Waals surface area (Å²) in [7, 11) is -1.88. The highest BCUT2D eigenvalue weighted by atomic mass is 32.2. The summed E-state index contributed by atoms with van der Waals surface area (Å²) in [6.07, 6.45) is 4.13. The summed E-state index contributed by atoms with van der Waals surface area (Å²) in [4.78, 5) is 4.03. The Hall–Kier alpha value is -3.53. The van der Waals surface area contributed by atoms with Crippen molar-refractivity contribution in [3.05, 3.63) is 66.4 Å². The van der Waals surface area contributed by atoms with Crippen LogP contribution < -0.4 is 10.1 Å². The number of aromatic nitrogens is 4. The van der Waals surface area contributed by atoms with Crippen molar-refractivity contribution >= 4 is 21.3 Å². The Morgan fingerprint density at radius 2 is 2.00 bits per heavy atom. The molecule has 4 rings (SSSR count). The van der Waals surface area contributed by atoms with Crippen LogP contribution in [0.15, 0.2) is 60.0 Å². The van der Waals surface area contributed by atoms with Crippen LogP contribution in [0, 0.1) is 5.82 Å². The molecule has 0 atom stereocenters. The second-order valence-corrected chi connectivity index (χ2v) is 8.55. The fourth-order valence-electron chi connectivity index (χ4n) is 3.12. The molecule has 1 aromatic carbocycles. The van der Waals surface area contributed by atoms with E-state index in [9.17, 15) is 12.8 Å². The first-order chi connectivity index (χ1) is 14.4. The van der Waals surface area contributed by atoms with Gasteiger partial charge in [-0.3, -0.25) is 4.40 Å². The minimum Gasteiger partial charge on any atom is -0.496 e. The third kappa shape index (κ3) is 3.69. The lowest BCUT2D eigenvalue weighted by Gasteiger charge is -2.13. The van der Waals surface area contributed by atoms with Gasteiger partial charge in [0.15, 0.2) is 20.5 Å². The van der Waals surface area contributed by atoms with Crippen LogP contribution in [0.5, 0.6) is 5.75 Å². The van der Waals surface area contributed by atoms with Crippen molar-refractivity contribution in [2.75, 3.05) is 18.7 Å². The maximum absolute atomic E-state index is 14.2. The summed E-state index contributed by atoms with van der Waals surface area (Å²) < 4.78 is 44.4. The zero-order valence-corrected chi connectivity index (χ0v) is 17.0. The lowest BCUT2D eigenvalue weighted by Crippen LogP contribution is -2.07. The average Bonchev–Trinajstić information content (AvgIpc) is 3.22. The van der Waals surface area contributed by atoms with Gasteiger partial charge in [-0.2, -0.15) is 0 Å². The second kappa shape index (κ2) is 7.71. The number of nitrogens with zero attached hydrogens (tertiary/aromatic N) is 4. The van der Waals surface area contributed by atoms with Gasteiger partial charge in [0.25, 0.3) is 0 Å². The van der Waals surface area contributed by atoms with Gasteiger partial charge < -0.3 is 10.1 Å². The molecule has 30 heavy (non-hydrogen) atoms. The van der Waals surface area contributed by atoms with E-state index in [2.05, 4.69) is 20.5 Å². The van der Waals surface area contributed by atoms with Crippen molar-refractivity contribution in [3.63, 3.8) is 0 Å². The Kier molecular flexibility index (Phi) is 5.08. The van der Waals surface area contributed by atoms with E-state index in [0.29, 0.717) is 28.3 Å². The van der Waals surface area contributed by atoms with Crippen LogP contribution in [0.2, 0.25) is 0 Å². The van der Waals surface area contributed by atoms with Gasteiger partial charge >= 0.3 is 0 Å². The number of hydrogen-bond donors (Lipinski definition) is 1. The maximum Gasteiger partial charge on any atom is 0.192 e. The Labute approximate surface area is 172 Å². The minimum atomic E-state index is -3.38. The first kappa shape index (κ1) is 19.8. The second-order valence-electron chi connectivity index (χ2n) is 6.59. The first-order valence-corrected chi connectivity index (χ1v) is 10.8. The molecule has 0 aliphatic carbocycles. The zero-order valence-electron chi connectivity index (χ0n) is 16.2. The summed E-state index contributed by atoms with van der Waals surface area (Å²) in [6, 6.07) is 11.4. The summed E-state index contributed by atoms with van der Waals surface area (Å²) in [5, 5.41) is 11.3. The van der Waals surface area contributed by atoms with Gasteiger partial charge in [0.05, 0.1) is 7.11 Å². The van der Waals surface area contributed by atoms with Crippen molar-refractivity contribution < 1.29 is 17.5 Å². The normalized spacial score (nSPS) is 11.6. The number of methoxy groups -OCH3 is 1. The van der Waals surface area contributed by atoms with E-state index in [-0.39, 0.29) is 17.4 Å². The van der Waals surface area contributed by atoms with Gasteiger partial charge in [-0.15, -0.1) is 10.2 Å². The molecule has 0 amide bonds. The summed E-state index contributed by atoms with van der Waals surface area (Å²) in [6.45, 7) is 0.201. The Bertz CT molecular complexity index is 1320. The predicted molar refractivity (Wildman–Crippen MR) is 110 cm³/mol. The van der Waals surface area contributed by atoms with Crippen LogP contribution in [0.25, 0.3) is 16.8 Å². The third-order valence-corrected chi connectivity index (χ3v) is 5.63. The minimum absolute atomic E-state index is 0.000795. The molecule has 0 spiro atoms. The van der Waals surface area contributed by atoms with E-state index in [4.69, 9.17) is 4.74 Å². The van der Waals surface area contributed by atoms with Gasteiger partial charge in [-0.1, -0.05) is 6.07 Å². The van der Waals surface area contributed by atoms with Crippen molar-refractivity contribution in [3.8, 4) is 16.9 Å². The average molecular weight is 427 g/mol. The van der Waals surface area contributed by atoms with E-state index in [1.165, 1.54) is 31.8 Å². The summed E-state index contributed by atoms with van der Waals surface area (Å²) in [5.41, 5.74) is 2.39. The molecule has 0 fully saturated rings. The molecule has 4 aromatic rings. The molecule has 0 saturated carbocycles. The molecule has 0 unspecified atom stereocenters. The SMILES string of the molecule is COc1cccc(F)c1CNc1ccc(-c2ccc(S(C)(=O)=O)nc2)c2nncn12. The number of halogens is 1. The fraction of sp³-hybridized carbons (Fsp3) is 0.150. The largest absolute Gasteiger partial charge is 0.496 e. The molecule has 0 bridgehead atoms. The van der Waals surface area contributed by atoms with Gasteiger partial charge in [-0.25, -0.2) is 17.8 Å². The first-order valence-electron chi connectivity index (χ1n) is 8.93. The molecule has 8 nitrogen and oxygen atoms in total. The molecular weight excluding hydrogens is 409 g/mol. The number of rotatable bonds is 6. The van der Waals surface area contributed by atoms with Crippen molar-refractivity contribution in [2.24, 2.45) is 0 Å². The number of pyridine rings is 2. The highest BCUT2D eigenvalue weighted by molar-refractivity contribution is 7.90. The fourth-order valence-corrected chi connectivity index (χ4v) is 3.68. The number of nitrogens with one attached hydrogen (secondary N) is 1. The number of sulfone groups is 1. The monoisotopic (exact) mass is 427 g/mol. The van der Waals surface area contributed by atoms with Crippen LogP contribution in [0.3, 0.4) is 0 Å². The molecule has 0 aliphatic heterocycles. The van der Waals surface area contributed by atoms with Crippen LogP contribution in [0.1, 0.15) is 5.56 Å². The lowest BCUT2D eigenvalue weighted by molar-refractivity contribution is 0.405. The topological polar surface area (TPSA) is 98.5 Å². The number of ether oxygens (including phenoxy) is 1. The van der Waals surface area contributed by atoms with Gasteiger partial charge in [0, 0.05) is 35.7 Å². The van der Waals surface area contributed by atoms with E-state index < -0.39 is 9.84 Å². The predicted octanol–water partition coefficient (Wildman–Crippen LogP) is 2.95. The molecule has 3 heterocycles. The standard InChI is InChI=1S/C20H18FN5O3S/c1-29-17-5-3-4-16(21)15(17)11-22-18-8-7-14(20-25-24-12-26(18)20)13-6-9-19(23-10-13)30(2,27)28/h3-10,12,22H,11H2,1-2H3. The number of anilines is 1. The van der Waals surface area contributed by atoms with Crippen LogP contribution in [-0.2, 0) is 16.4 Å². The number of hydrogen-bond acceptors (Lipinski definition) is 7. The molecule has 1 N–H and O–H groups in total. The highest BCUT2D eigenvalue weighted by Gasteiger charge is 2.14. The van der Waals surface area contributed by atoms with E-state index >= 15 is 0 Å². The Morgan fingerprint density at radius 1 is 1.17 bits per heavy atom. The zero-order chi connectivity index (χ0) is 21.3. The molecule has 3 aromatic heterocycles. The quantitative estimate of drug-likeness (QED) is 0.505. The van der Waals surface area contributed by atoms with Gasteiger partial charge in [-0.05, 0) is 36.4 Å². The van der Waals surface area contributed by atoms with Crippen molar-refractivity contribution in [1.29, 1.82) is 0 Å². The molecular formula is C20H18FN5O3S. The lowest BCUT2D eigenvalue weighted by atomic mass is 10.1. The molecule has 0 radical (unpaired) electrons. The van der Waals surface area contributed by atoms with E-state index in [1.807, 2.05) is 12.1 Å². The number of benzene rings is 1. The van der Waals surface area contributed by atoms with Crippen molar-refractivity contribution in [2.45, 2.75) is 11.6 Å². The van der Waals surface area contributed by atoms with Crippen LogP contribution in [-0.4, -0.2) is 41.4 Å². The third-order valence-electron chi connectivity index (χ3n) is 4.63. The Balaban J connectivity index is 1.67. The maximum atomic E-state index is 14.2. The Morgan fingerprint density at radius 3 is 2.70 bits per heavy atom. The molecule has 10 heteroatoms. The van der Waals surface area contributed by atoms with E-state index in [0.717, 1.165) is 11.8 Å². The van der Waals surface area contributed by atoms with Gasteiger partial charge in [0.2, 0.25) is 0 Å². The number of fused-ring (bicyclic) bond motifs is 1. The highest BCUT2D eigenvalue weighted by Crippen LogP contribution is 2.27. The van der Waals surface area contributed by atoms with Crippen molar-refractivity contribution in [1.82, 2.24) is 19.6 Å². The van der Waals surface area contributed by atoms with Crippen LogP contribution in [0.4, 0.5) is 10.2 Å². The summed E-state index contributed by atoms with van der Waals surface area (Å²) in [5.74, 6) is 0.747. The molecule has 0 aliphatic rings. The summed E-state index contributed by atoms with van der Waals surface area (Å²) >= 11 is 0.